The number of aliphatic hydroxyl groups is 1. The van der Waals surface area contributed by atoms with Crippen molar-refractivity contribution in [1.29, 1.82) is 0 Å². The van der Waals surface area contributed by atoms with Gasteiger partial charge < -0.3 is 19.8 Å². The molecule has 0 bridgehead atoms. The summed E-state index contributed by atoms with van der Waals surface area (Å²) in [6, 6.07) is 11.2. The van der Waals surface area contributed by atoms with Crippen LogP contribution in [0, 0.1) is 18.8 Å². The van der Waals surface area contributed by atoms with Gasteiger partial charge in [0.1, 0.15) is 5.82 Å². The van der Waals surface area contributed by atoms with Crippen LogP contribution in [0.25, 0.3) is 0 Å². The average molecular weight is 549 g/mol. The Balaban J connectivity index is 0.000000983. The number of hydrogen-bond acceptors (Lipinski definition) is 5. The molecule has 2 fully saturated rings. The first-order chi connectivity index (χ1) is 18.6. The number of pyridine rings is 1. The SMILES string of the molecule is Cc1cc(N2CCC(CC3CCN(C(=O)[C@H](O)c4ccccc4)CC3)CC2)ncc1C(=O)N(C)C.FC(F)F. The Morgan fingerprint density at radius 2 is 1.54 bits per heavy atom. The van der Waals surface area contributed by atoms with Gasteiger partial charge in [0.05, 0.1) is 5.56 Å². The van der Waals surface area contributed by atoms with Gasteiger partial charge in [-0.05, 0) is 68.1 Å². The van der Waals surface area contributed by atoms with E-state index < -0.39 is 12.8 Å². The van der Waals surface area contributed by atoms with Crippen molar-refractivity contribution in [3.63, 3.8) is 0 Å². The summed E-state index contributed by atoms with van der Waals surface area (Å²) in [5, 5.41) is 10.5. The maximum absolute atomic E-state index is 12.7. The first kappa shape index (κ1) is 30.4. The Morgan fingerprint density at radius 1 is 1.00 bits per heavy atom. The van der Waals surface area contributed by atoms with Crippen molar-refractivity contribution in [2.24, 2.45) is 11.8 Å². The van der Waals surface area contributed by atoms with Gasteiger partial charge in [-0.1, -0.05) is 30.3 Å². The van der Waals surface area contributed by atoms with E-state index >= 15 is 0 Å². The maximum Gasteiger partial charge on any atom is 0.379 e. The average Bonchev–Trinajstić information content (AvgIpc) is 2.93. The van der Waals surface area contributed by atoms with Crippen molar-refractivity contribution >= 4 is 17.6 Å². The lowest BCUT2D eigenvalue weighted by Gasteiger charge is -2.37. The fourth-order valence-corrected chi connectivity index (χ4v) is 5.39. The molecule has 0 radical (unpaired) electrons. The molecule has 10 heteroatoms. The number of rotatable bonds is 6. The van der Waals surface area contributed by atoms with Crippen LogP contribution in [0.15, 0.2) is 42.6 Å². The number of carbonyl (C=O) groups is 2. The van der Waals surface area contributed by atoms with Crippen LogP contribution in [-0.2, 0) is 4.79 Å². The number of halogens is 3. The number of piperidine rings is 2. The lowest BCUT2D eigenvalue weighted by Crippen LogP contribution is -2.42. The summed E-state index contributed by atoms with van der Waals surface area (Å²) in [4.78, 5) is 35.3. The van der Waals surface area contributed by atoms with Gasteiger partial charge in [0.25, 0.3) is 11.8 Å². The Labute approximate surface area is 228 Å². The number of benzene rings is 1. The van der Waals surface area contributed by atoms with Crippen molar-refractivity contribution in [3.8, 4) is 0 Å². The molecule has 214 valence electrons. The first-order valence-corrected chi connectivity index (χ1v) is 13.4. The molecule has 2 aliphatic rings. The molecule has 0 saturated carbocycles. The first-order valence-electron chi connectivity index (χ1n) is 13.4. The summed E-state index contributed by atoms with van der Waals surface area (Å²) in [5.74, 6) is 2.11. The van der Waals surface area contributed by atoms with Crippen LogP contribution in [0.4, 0.5) is 19.0 Å². The zero-order valence-electron chi connectivity index (χ0n) is 22.9. The van der Waals surface area contributed by atoms with Crippen LogP contribution in [0.5, 0.6) is 0 Å². The number of aryl methyl sites for hydroxylation is 1. The number of carbonyl (C=O) groups excluding carboxylic acids is 2. The predicted octanol–water partition coefficient (Wildman–Crippen LogP) is 4.85. The molecule has 4 rings (SSSR count). The molecular formula is C29H39F3N4O3. The van der Waals surface area contributed by atoms with E-state index in [0.717, 1.165) is 63.2 Å². The third-order valence-corrected chi connectivity index (χ3v) is 7.61. The summed E-state index contributed by atoms with van der Waals surface area (Å²) >= 11 is 0. The molecule has 1 N–H and O–H groups in total. The van der Waals surface area contributed by atoms with Gasteiger partial charge in [-0.25, -0.2) is 4.98 Å². The van der Waals surface area contributed by atoms with Crippen LogP contribution in [0.3, 0.4) is 0 Å². The van der Waals surface area contributed by atoms with Crippen LogP contribution in [0.1, 0.15) is 59.7 Å². The highest BCUT2D eigenvalue weighted by Crippen LogP contribution is 2.32. The zero-order chi connectivity index (χ0) is 28.5. The second kappa shape index (κ2) is 14.3. The molecule has 2 amide bonds. The molecule has 3 heterocycles. The minimum absolute atomic E-state index is 0.0115. The van der Waals surface area contributed by atoms with E-state index in [1.807, 2.05) is 36.1 Å². The normalized spacial score (nSPS) is 17.4. The quantitative estimate of drug-likeness (QED) is 0.559. The predicted molar refractivity (Wildman–Crippen MR) is 144 cm³/mol. The van der Waals surface area contributed by atoms with Crippen LogP contribution in [0.2, 0.25) is 0 Å². The van der Waals surface area contributed by atoms with Crippen LogP contribution in [-0.4, -0.2) is 78.7 Å². The molecule has 2 aliphatic heterocycles. The number of hydrogen-bond donors (Lipinski definition) is 1. The van der Waals surface area contributed by atoms with Gasteiger partial charge >= 0.3 is 6.68 Å². The Kier molecular flexibility index (Phi) is 11.2. The lowest BCUT2D eigenvalue weighted by atomic mass is 9.82. The van der Waals surface area contributed by atoms with E-state index in [9.17, 15) is 27.9 Å². The van der Waals surface area contributed by atoms with E-state index in [1.54, 1.807) is 37.3 Å². The Morgan fingerprint density at radius 3 is 2.05 bits per heavy atom. The molecule has 0 aliphatic carbocycles. The van der Waals surface area contributed by atoms with Gasteiger partial charge in [-0.3, -0.25) is 9.59 Å². The summed E-state index contributed by atoms with van der Waals surface area (Å²) in [6.07, 6.45) is 6.16. The fraction of sp³-hybridized carbons (Fsp3) is 0.552. The number of likely N-dealkylation sites (tertiary alicyclic amines) is 1. The van der Waals surface area contributed by atoms with Gasteiger partial charge in [0, 0.05) is 46.5 Å². The highest BCUT2D eigenvalue weighted by molar-refractivity contribution is 5.95. The maximum atomic E-state index is 12.7. The summed E-state index contributed by atoms with van der Waals surface area (Å²) in [5.41, 5.74) is 2.29. The third kappa shape index (κ3) is 8.68. The zero-order valence-corrected chi connectivity index (χ0v) is 22.9. The largest absolute Gasteiger partial charge is 0.379 e. The minimum atomic E-state index is -3.67. The molecule has 0 unspecified atom stereocenters. The fourth-order valence-electron chi connectivity index (χ4n) is 5.39. The summed E-state index contributed by atoms with van der Waals surface area (Å²) in [6.45, 7) is 1.74. The third-order valence-electron chi connectivity index (χ3n) is 7.61. The second-order valence-electron chi connectivity index (χ2n) is 10.6. The molecule has 2 aromatic rings. The standard InChI is InChI=1S/C28H38N4O3.CHF3/c1-20-17-25(29-19-24(20)27(34)30(2)3)31-13-9-21(10-14-31)18-22-11-15-32(16-12-22)28(35)26(33)23-7-5-4-6-8-23;2-1(3)4/h4-8,17,19,21-22,26,33H,9-16,18H2,1-3H3;1H/t26-;/m1./s1. The van der Waals surface area contributed by atoms with Gasteiger partial charge in [0.2, 0.25) is 0 Å². The number of anilines is 1. The van der Waals surface area contributed by atoms with Crippen LogP contribution < -0.4 is 4.90 Å². The molecule has 1 aromatic carbocycles. The lowest BCUT2D eigenvalue weighted by molar-refractivity contribution is -0.142. The van der Waals surface area contributed by atoms with E-state index in [2.05, 4.69) is 9.88 Å². The molecule has 1 atom stereocenters. The van der Waals surface area contributed by atoms with Crippen molar-refractivity contribution in [1.82, 2.24) is 14.8 Å². The van der Waals surface area contributed by atoms with Crippen LogP contribution >= 0.6 is 0 Å². The van der Waals surface area contributed by atoms with Gasteiger partial charge in [0.15, 0.2) is 6.10 Å². The molecular weight excluding hydrogens is 509 g/mol. The molecule has 7 nitrogen and oxygen atoms in total. The van der Waals surface area contributed by atoms with Crippen molar-refractivity contribution in [2.75, 3.05) is 45.2 Å². The van der Waals surface area contributed by atoms with Gasteiger partial charge in [-0.2, -0.15) is 13.2 Å². The highest BCUT2D eigenvalue weighted by Gasteiger charge is 2.30. The number of alkyl halides is 3. The van der Waals surface area contributed by atoms with Crippen molar-refractivity contribution in [3.05, 3.63) is 59.3 Å². The van der Waals surface area contributed by atoms with E-state index in [0.29, 0.717) is 23.0 Å². The summed E-state index contributed by atoms with van der Waals surface area (Å²) < 4.78 is 29.0. The summed E-state index contributed by atoms with van der Waals surface area (Å²) in [7, 11) is 3.52. The van der Waals surface area contributed by atoms with E-state index in [1.165, 1.54) is 6.42 Å². The van der Waals surface area contributed by atoms with Crippen molar-refractivity contribution < 1.29 is 27.9 Å². The number of amides is 2. The monoisotopic (exact) mass is 548 g/mol. The smallest absolute Gasteiger partial charge is 0.378 e. The van der Waals surface area contributed by atoms with E-state index in [-0.39, 0.29) is 11.8 Å². The highest BCUT2D eigenvalue weighted by atomic mass is 19.4. The molecule has 2 saturated heterocycles. The molecule has 0 spiro atoms. The van der Waals surface area contributed by atoms with Crippen molar-refractivity contribution in [2.45, 2.75) is 51.8 Å². The second-order valence-corrected chi connectivity index (χ2v) is 10.6. The van der Waals surface area contributed by atoms with E-state index in [4.69, 9.17) is 0 Å². The Hall–Kier alpha value is -3.14. The molecule has 1 aromatic heterocycles. The number of nitrogens with zero attached hydrogens (tertiary/aromatic N) is 4. The van der Waals surface area contributed by atoms with Gasteiger partial charge in [-0.15, -0.1) is 0 Å². The minimum Gasteiger partial charge on any atom is -0.378 e. The Bertz CT molecular complexity index is 1070. The number of aliphatic hydroxyl groups excluding tert-OH is 1. The topological polar surface area (TPSA) is 77.0 Å². The number of aromatic nitrogens is 1. The molecule has 39 heavy (non-hydrogen) atoms.